The van der Waals surface area contributed by atoms with E-state index in [2.05, 4.69) is 15.1 Å². The summed E-state index contributed by atoms with van der Waals surface area (Å²) in [5, 5.41) is 9.31. The molecule has 0 radical (unpaired) electrons. The zero-order valence-corrected chi connectivity index (χ0v) is 11.9. The van der Waals surface area contributed by atoms with E-state index in [1.807, 2.05) is 48.5 Å². The number of nitrogens with zero attached hydrogens (tertiary/aromatic N) is 3. The quantitative estimate of drug-likeness (QED) is 0.809. The van der Waals surface area contributed by atoms with Gasteiger partial charge < -0.3 is 9.64 Å². The Morgan fingerprint density at radius 1 is 1.05 bits per heavy atom. The van der Waals surface area contributed by atoms with Gasteiger partial charge in [0.2, 0.25) is 0 Å². The van der Waals surface area contributed by atoms with Crippen LogP contribution in [0.15, 0.2) is 58.7 Å². The van der Waals surface area contributed by atoms with Crippen LogP contribution >= 0.6 is 11.6 Å². The van der Waals surface area contributed by atoms with E-state index in [4.69, 9.17) is 16.3 Å². The number of hydrogen-bond donors (Lipinski definition) is 0. The third kappa shape index (κ3) is 2.17. The summed E-state index contributed by atoms with van der Waals surface area (Å²) in [5.74, 6) is 1.64. The first-order valence-corrected chi connectivity index (χ1v) is 7.08. The molecule has 0 aliphatic carbocycles. The molecule has 0 fully saturated rings. The largest absolute Gasteiger partial charge is 0.483 e. The third-order valence-corrected chi connectivity index (χ3v) is 3.82. The van der Waals surface area contributed by atoms with Gasteiger partial charge in [-0.1, -0.05) is 41.9 Å². The molecule has 2 aromatic carbocycles. The highest BCUT2D eigenvalue weighted by atomic mass is 35.5. The number of halogens is 1. The Bertz CT molecular complexity index is 755. The van der Waals surface area contributed by atoms with E-state index in [1.54, 1.807) is 0 Å². The van der Waals surface area contributed by atoms with Crippen LogP contribution in [-0.2, 0) is 0 Å². The van der Waals surface area contributed by atoms with Crippen LogP contribution in [0, 0.1) is 0 Å². The van der Waals surface area contributed by atoms with Crippen molar-refractivity contribution in [3.63, 3.8) is 0 Å². The first-order chi connectivity index (χ1) is 10.3. The Hall–Kier alpha value is -2.33. The van der Waals surface area contributed by atoms with Crippen LogP contribution in [0.25, 0.3) is 0 Å². The van der Waals surface area contributed by atoms with Gasteiger partial charge in [-0.2, -0.15) is 5.10 Å². The molecule has 2 aliphatic heterocycles. The molecule has 0 bridgehead atoms. The Morgan fingerprint density at radius 3 is 2.76 bits per heavy atom. The van der Waals surface area contributed by atoms with Crippen molar-refractivity contribution in [1.82, 2.24) is 0 Å². The molecule has 0 aromatic heterocycles. The lowest BCUT2D eigenvalue weighted by molar-refractivity contribution is 0.366. The van der Waals surface area contributed by atoms with Crippen molar-refractivity contribution in [2.75, 3.05) is 18.1 Å². The summed E-state index contributed by atoms with van der Waals surface area (Å²) in [4.78, 5) is 2.11. The fourth-order valence-electron chi connectivity index (χ4n) is 2.52. The molecule has 0 saturated heterocycles. The smallest absolute Gasteiger partial charge is 0.170 e. The van der Waals surface area contributed by atoms with E-state index in [0.717, 1.165) is 28.5 Å². The van der Waals surface area contributed by atoms with Gasteiger partial charge in [0.1, 0.15) is 12.4 Å². The second kappa shape index (κ2) is 4.90. The number of benzene rings is 2. The molecule has 0 atom stereocenters. The standard InChI is InChI=1S/C16H12ClN3O/c17-12-6-7-15-14(8-12)20-9-13(11-4-2-1-3-5-11)18-19-16(20)10-21-15/h1-8H,9-10H2. The maximum absolute atomic E-state index is 6.11. The molecule has 0 spiro atoms. The summed E-state index contributed by atoms with van der Waals surface area (Å²) >= 11 is 6.11. The molecule has 0 amide bonds. The Morgan fingerprint density at radius 2 is 1.90 bits per heavy atom. The maximum atomic E-state index is 6.11. The van der Waals surface area contributed by atoms with Gasteiger partial charge in [0.05, 0.1) is 17.9 Å². The Labute approximate surface area is 127 Å². The summed E-state index contributed by atoms with van der Waals surface area (Å²) < 4.78 is 5.69. The zero-order chi connectivity index (χ0) is 14.2. The van der Waals surface area contributed by atoms with E-state index >= 15 is 0 Å². The predicted octanol–water partition coefficient (Wildman–Crippen LogP) is 3.36. The van der Waals surface area contributed by atoms with Gasteiger partial charge in [0, 0.05) is 5.02 Å². The van der Waals surface area contributed by atoms with Crippen LogP contribution < -0.4 is 9.64 Å². The molecule has 0 unspecified atom stereocenters. The van der Waals surface area contributed by atoms with E-state index < -0.39 is 0 Å². The average molecular weight is 298 g/mol. The van der Waals surface area contributed by atoms with Crippen molar-refractivity contribution in [1.29, 1.82) is 0 Å². The van der Waals surface area contributed by atoms with Gasteiger partial charge in [0.15, 0.2) is 5.84 Å². The zero-order valence-electron chi connectivity index (χ0n) is 11.2. The molecular weight excluding hydrogens is 286 g/mol. The second-order valence-electron chi connectivity index (χ2n) is 4.92. The number of rotatable bonds is 1. The molecular formula is C16H12ClN3O. The highest BCUT2D eigenvalue weighted by Gasteiger charge is 2.28. The first kappa shape index (κ1) is 12.4. The molecule has 4 nitrogen and oxygen atoms in total. The van der Waals surface area contributed by atoms with Crippen molar-refractivity contribution >= 4 is 28.8 Å². The van der Waals surface area contributed by atoms with Crippen LogP contribution in [0.3, 0.4) is 0 Å². The van der Waals surface area contributed by atoms with Crippen LogP contribution in [0.4, 0.5) is 5.69 Å². The normalized spacial score (nSPS) is 16.3. The van der Waals surface area contributed by atoms with Gasteiger partial charge in [-0.3, -0.25) is 0 Å². The van der Waals surface area contributed by atoms with E-state index in [9.17, 15) is 0 Å². The van der Waals surface area contributed by atoms with Crippen LogP contribution in [-0.4, -0.2) is 24.7 Å². The van der Waals surface area contributed by atoms with Gasteiger partial charge >= 0.3 is 0 Å². The van der Waals surface area contributed by atoms with Crippen molar-refractivity contribution in [2.45, 2.75) is 0 Å². The summed E-state index contributed by atoms with van der Waals surface area (Å²) in [7, 11) is 0. The molecule has 2 heterocycles. The SMILES string of the molecule is Clc1ccc2c(c1)N1CC(c3ccccc3)=NN=C1CO2. The highest BCUT2D eigenvalue weighted by Crippen LogP contribution is 2.35. The van der Waals surface area contributed by atoms with E-state index in [-0.39, 0.29) is 0 Å². The topological polar surface area (TPSA) is 37.2 Å². The monoisotopic (exact) mass is 297 g/mol. The van der Waals surface area contributed by atoms with Gasteiger partial charge in [0.25, 0.3) is 0 Å². The lowest BCUT2D eigenvalue weighted by Gasteiger charge is -2.33. The Balaban J connectivity index is 1.75. The minimum absolute atomic E-state index is 0.431. The molecule has 2 aliphatic rings. The Kier molecular flexibility index (Phi) is 2.89. The number of ether oxygens (including phenoxy) is 1. The van der Waals surface area contributed by atoms with Gasteiger partial charge in [-0.25, -0.2) is 0 Å². The lowest BCUT2D eigenvalue weighted by atomic mass is 10.1. The fourth-order valence-corrected chi connectivity index (χ4v) is 2.69. The van der Waals surface area contributed by atoms with Gasteiger partial charge in [-0.05, 0) is 23.8 Å². The molecule has 2 aromatic rings. The van der Waals surface area contributed by atoms with Crippen LogP contribution in [0.1, 0.15) is 5.56 Å². The average Bonchev–Trinajstić information content (AvgIpc) is 2.55. The van der Waals surface area contributed by atoms with Crippen molar-refractivity contribution in [3.8, 4) is 5.75 Å². The summed E-state index contributed by atoms with van der Waals surface area (Å²) in [5.41, 5.74) is 2.96. The molecule has 0 N–H and O–H groups in total. The lowest BCUT2D eigenvalue weighted by Crippen LogP contribution is -2.44. The van der Waals surface area contributed by atoms with Crippen molar-refractivity contribution < 1.29 is 4.74 Å². The second-order valence-corrected chi connectivity index (χ2v) is 5.35. The van der Waals surface area contributed by atoms with Crippen LogP contribution in [0.5, 0.6) is 5.75 Å². The highest BCUT2D eigenvalue weighted by molar-refractivity contribution is 6.31. The fraction of sp³-hybridized carbons (Fsp3) is 0.125. The number of anilines is 1. The molecule has 104 valence electrons. The van der Waals surface area contributed by atoms with Crippen molar-refractivity contribution in [3.05, 3.63) is 59.1 Å². The van der Waals surface area contributed by atoms with Crippen LogP contribution in [0.2, 0.25) is 5.02 Å². The molecule has 4 rings (SSSR count). The van der Waals surface area contributed by atoms with Gasteiger partial charge in [-0.15, -0.1) is 5.10 Å². The van der Waals surface area contributed by atoms with Crippen molar-refractivity contribution in [2.24, 2.45) is 10.2 Å². The van der Waals surface area contributed by atoms with E-state index in [1.165, 1.54) is 0 Å². The maximum Gasteiger partial charge on any atom is 0.170 e. The minimum atomic E-state index is 0.431. The minimum Gasteiger partial charge on any atom is -0.483 e. The summed E-state index contributed by atoms with van der Waals surface area (Å²) in [6.07, 6.45) is 0. The van der Waals surface area contributed by atoms with E-state index in [0.29, 0.717) is 18.2 Å². The first-order valence-electron chi connectivity index (χ1n) is 6.70. The summed E-state index contributed by atoms with van der Waals surface area (Å²) in [6.45, 7) is 1.10. The molecule has 21 heavy (non-hydrogen) atoms. The molecule has 5 heteroatoms. The number of fused-ring (bicyclic) bond motifs is 3. The third-order valence-electron chi connectivity index (χ3n) is 3.58. The number of hydrogen-bond acceptors (Lipinski definition) is 4. The summed E-state index contributed by atoms with van der Waals surface area (Å²) in [6, 6.07) is 15.7. The predicted molar refractivity (Wildman–Crippen MR) is 84.7 cm³/mol. The molecule has 0 saturated carbocycles. The number of amidine groups is 1.